The van der Waals surface area contributed by atoms with Crippen molar-refractivity contribution in [1.82, 2.24) is 0 Å². The highest BCUT2D eigenvalue weighted by atomic mass is 35.5. The Bertz CT molecular complexity index is 1140. The van der Waals surface area contributed by atoms with Crippen LogP contribution in [0.15, 0.2) is 66.7 Å². The lowest BCUT2D eigenvalue weighted by molar-refractivity contribution is -0.385. The molecule has 0 unspecified atom stereocenters. The van der Waals surface area contributed by atoms with Gasteiger partial charge in [0, 0.05) is 36.4 Å². The Kier molecular flexibility index (Phi) is 7.07. The highest BCUT2D eigenvalue weighted by molar-refractivity contribution is 6.30. The molecule has 0 spiro atoms. The molecule has 0 radical (unpaired) electrons. The Morgan fingerprint density at radius 2 is 1.59 bits per heavy atom. The molecule has 0 fully saturated rings. The smallest absolute Gasteiger partial charge is 0.338 e. The van der Waals surface area contributed by atoms with Gasteiger partial charge in [-0.3, -0.25) is 14.9 Å². The van der Waals surface area contributed by atoms with Crippen LogP contribution >= 0.6 is 11.6 Å². The van der Waals surface area contributed by atoms with Gasteiger partial charge < -0.3 is 14.4 Å². The standard InChI is InChI=1S/C23H19ClN2O6/c1-25(2)18-8-3-16(4-9-18)23(28)31-14-21(27)15-5-10-19(11-6-15)32-22-12-7-17(24)13-20(22)26(29)30/h3-13H,14H2,1-2H3. The summed E-state index contributed by atoms with van der Waals surface area (Å²) in [4.78, 5) is 37.0. The summed E-state index contributed by atoms with van der Waals surface area (Å²) in [5.74, 6) is -0.677. The zero-order chi connectivity index (χ0) is 23.3. The molecule has 3 rings (SSSR count). The van der Waals surface area contributed by atoms with Crippen LogP contribution in [0.2, 0.25) is 5.02 Å². The highest BCUT2D eigenvalue weighted by Gasteiger charge is 2.17. The first-order valence-electron chi connectivity index (χ1n) is 9.44. The van der Waals surface area contributed by atoms with E-state index in [2.05, 4.69) is 0 Å². The SMILES string of the molecule is CN(C)c1ccc(C(=O)OCC(=O)c2ccc(Oc3ccc(Cl)cc3[N+](=O)[O-])cc2)cc1. The quantitative estimate of drug-likeness (QED) is 0.201. The maximum absolute atomic E-state index is 12.3. The lowest BCUT2D eigenvalue weighted by Crippen LogP contribution is -2.14. The number of nitrogens with zero attached hydrogens (tertiary/aromatic N) is 2. The second-order valence-corrected chi connectivity index (χ2v) is 7.37. The van der Waals surface area contributed by atoms with Crippen LogP contribution < -0.4 is 9.64 Å². The fourth-order valence-electron chi connectivity index (χ4n) is 2.75. The zero-order valence-electron chi connectivity index (χ0n) is 17.3. The fraction of sp³-hybridized carbons (Fsp3) is 0.130. The van der Waals surface area contributed by atoms with Gasteiger partial charge in [0.25, 0.3) is 0 Å². The summed E-state index contributed by atoms with van der Waals surface area (Å²) >= 11 is 5.79. The molecule has 0 aliphatic carbocycles. The van der Waals surface area contributed by atoms with Crippen LogP contribution in [0.25, 0.3) is 0 Å². The van der Waals surface area contributed by atoms with E-state index in [4.69, 9.17) is 21.1 Å². The molecule has 3 aromatic rings. The Morgan fingerprint density at radius 3 is 2.19 bits per heavy atom. The van der Waals surface area contributed by atoms with Crippen LogP contribution in [0.1, 0.15) is 20.7 Å². The van der Waals surface area contributed by atoms with Gasteiger partial charge in [-0.05, 0) is 60.7 Å². The van der Waals surface area contributed by atoms with Crippen LogP contribution in [-0.4, -0.2) is 37.4 Å². The van der Waals surface area contributed by atoms with Crippen LogP contribution in [0, 0.1) is 10.1 Å². The van der Waals surface area contributed by atoms with Crippen molar-refractivity contribution in [2.75, 3.05) is 25.6 Å². The van der Waals surface area contributed by atoms with Crippen molar-refractivity contribution in [1.29, 1.82) is 0 Å². The van der Waals surface area contributed by atoms with Gasteiger partial charge in [0.05, 0.1) is 10.5 Å². The third kappa shape index (κ3) is 5.61. The third-order valence-corrected chi connectivity index (χ3v) is 4.71. The molecule has 0 aliphatic rings. The van der Waals surface area contributed by atoms with Gasteiger partial charge in [0.15, 0.2) is 12.4 Å². The Morgan fingerprint density at radius 1 is 0.969 bits per heavy atom. The molecule has 9 heteroatoms. The van der Waals surface area contributed by atoms with Gasteiger partial charge in [-0.15, -0.1) is 0 Å². The van der Waals surface area contributed by atoms with Crippen molar-refractivity contribution in [2.45, 2.75) is 0 Å². The summed E-state index contributed by atoms with van der Waals surface area (Å²) in [5.41, 5.74) is 1.31. The molecular formula is C23H19ClN2O6. The van der Waals surface area contributed by atoms with Crippen LogP contribution in [-0.2, 0) is 4.74 Å². The van der Waals surface area contributed by atoms with Crippen molar-refractivity contribution >= 4 is 34.7 Å². The second kappa shape index (κ2) is 9.93. The number of hydrogen-bond donors (Lipinski definition) is 0. The molecule has 0 saturated carbocycles. The molecule has 0 aromatic heterocycles. The van der Waals surface area contributed by atoms with E-state index >= 15 is 0 Å². The van der Waals surface area contributed by atoms with Gasteiger partial charge in [0.2, 0.25) is 5.75 Å². The lowest BCUT2D eigenvalue weighted by Gasteiger charge is -2.12. The number of ketones is 1. The van der Waals surface area contributed by atoms with Crippen LogP contribution in [0.5, 0.6) is 11.5 Å². The minimum Gasteiger partial charge on any atom is -0.454 e. The molecule has 8 nitrogen and oxygen atoms in total. The number of anilines is 1. The fourth-order valence-corrected chi connectivity index (χ4v) is 2.92. The first kappa shape index (κ1) is 22.8. The molecule has 0 atom stereocenters. The van der Waals surface area contributed by atoms with E-state index in [0.717, 1.165) is 5.69 Å². The van der Waals surface area contributed by atoms with E-state index in [1.165, 1.54) is 42.5 Å². The number of esters is 1. The average Bonchev–Trinajstić information content (AvgIpc) is 2.78. The summed E-state index contributed by atoms with van der Waals surface area (Å²) in [6, 6.07) is 16.8. The predicted molar refractivity (Wildman–Crippen MR) is 120 cm³/mol. The van der Waals surface area contributed by atoms with Gasteiger partial charge in [-0.1, -0.05) is 11.6 Å². The predicted octanol–water partition coefficient (Wildman–Crippen LogP) is 5.15. The van der Waals surface area contributed by atoms with Gasteiger partial charge in [-0.25, -0.2) is 4.79 Å². The number of Topliss-reactive ketones (excluding diaryl/α,β-unsaturated/α-hetero) is 1. The van der Waals surface area contributed by atoms with E-state index in [1.807, 2.05) is 19.0 Å². The number of nitro benzene ring substituents is 1. The number of carbonyl (C=O) groups is 2. The molecule has 0 saturated heterocycles. The molecule has 164 valence electrons. The van der Waals surface area contributed by atoms with E-state index in [9.17, 15) is 19.7 Å². The maximum Gasteiger partial charge on any atom is 0.338 e. The first-order valence-corrected chi connectivity index (χ1v) is 9.82. The second-order valence-electron chi connectivity index (χ2n) is 6.94. The number of carbonyl (C=O) groups excluding carboxylic acids is 2. The van der Waals surface area contributed by atoms with Crippen molar-refractivity contribution in [3.05, 3.63) is 93.0 Å². The topological polar surface area (TPSA) is 99.0 Å². The molecule has 3 aromatic carbocycles. The number of rotatable bonds is 8. The Balaban J connectivity index is 1.60. The number of hydrogen-bond acceptors (Lipinski definition) is 7. The van der Waals surface area contributed by atoms with Gasteiger partial charge in [0.1, 0.15) is 5.75 Å². The van der Waals surface area contributed by atoms with Crippen molar-refractivity contribution in [3.63, 3.8) is 0 Å². The van der Waals surface area contributed by atoms with Crippen LogP contribution in [0.3, 0.4) is 0 Å². The van der Waals surface area contributed by atoms with E-state index in [0.29, 0.717) is 16.9 Å². The first-order chi connectivity index (χ1) is 15.2. The zero-order valence-corrected chi connectivity index (χ0v) is 18.0. The summed E-state index contributed by atoms with van der Waals surface area (Å²) in [7, 11) is 3.78. The molecule has 0 bridgehead atoms. The normalized spacial score (nSPS) is 10.3. The molecule has 0 N–H and O–H groups in total. The highest BCUT2D eigenvalue weighted by Crippen LogP contribution is 2.33. The Labute approximate surface area is 189 Å². The number of ether oxygens (including phenoxy) is 2. The lowest BCUT2D eigenvalue weighted by atomic mass is 10.1. The van der Waals surface area contributed by atoms with Gasteiger partial charge in [-0.2, -0.15) is 0 Å². The Hall–Kier alpha value is -3.91. The summed E-state index contributed by atoms with van der Waals surface area (Å²) < 4.78 is 10.6. The largest absolute Gasteiger partial charge is 0.454 e. The molecule has 0 amide bonds. The number of benzene rings is 3. The monoisotopic (exact) mass is 454 g/mol. The number of halogens is 1. The van der Waals surface area contributed by atoms with Gasteiger partial charge >= 0.3 is 11.7 Å². The summed E-state index contributed by atoms with van der Waals surface area (Å²) in [6.07, 6.45) is 0. The minimum absolute atomic E-state index is 0.0210. The van der Waals surface area contributed by atoms with Crippen LogP contribution in [0.4, 0.5) is 11.4 Å². The third-order valence-electron chi connectivity index (χ3n) is 4.48. The van der Waals surface area contributed by atoms with E-state index < -0.39 is 23.3 Å². The minimum atomic E-state index is -0.598. The molecular weight excluding hydrogens is 436 g/mol. The summed E-state index contributed by atoms with van der Waals surface area (Å²) in [5, 5.41) is 11.4. The van der Waals surface area contributed by atoms with E-state index in [1.54, 1.807) is 24.3 Å². The summed E-state index contributed by atoms with van der Waals surface area (Å²) in [6.45, 7) is -0.420. The molecule has 32 heavy (non-hydrogen) atoms. The average molecular weight is 455 g/mol. The van der Waals surface area contributed by atoms with E-state index in [-0.39, 0.29) is 16.5 Å². The van der Waals surface area contributed by atoms with Crippen molar-refractivity contribution < 1.29 is 24.0 Å². The molecule has 0 aliphatic heterocycles. The van der Waals surface area contributed by atoms with Crippen molar-refractivity contribution in [3.8, 4) is 11.5 Å². The molecule has 0 heterocycles. The van der Waals surface area contributed by atoms with Crippen molar-refractivity contribution in [2.24, 2.45) is 0 Å². The maximum atomic E-state index is 12.3. The number of nitro groups is 1.